The number of fused-ring (bicyclic) bond motifs is 1. The number of carbonyl (C=O) groups is 3. The van der Waals surface area contributed by atoms with Crippen LogP contribution in [0.3, 0.4) is 0 Å². The van der Waals surface area contributed by atoms with Gasteiger partial charge in [0.1, 0.15) is 11.6 Å². The first-order chi connectivity index (χ1) is 12.5. The van der Waals surface area contributed by atoms with Crippen LogP contribution in [-0.4, -0.2) is 35.7 Å². The molecule has 0 bridgehead atoms. The maximum absolute atomic E-state index is 12.2. The number of hydrogen-bond acceptors (Lipinski definition) is 5. The fourth-order valence-electron chi connectivity index (χ4n) is 2.69. The van der Waals surface area contributed by atoms with Crippen molar-refractivity contribution in [3.63, 3.8) is 0 Å². The second-order valence-corrected chi connectivity index (χ2v) is 6.04. The Balaban J connectivity index is 1.73. The van der Waals surface area contributed by atoms with Crippen molar-refractivity contribution in [2.75, 3.05) is 23.4 Å². The van der Waals surface area contributed by atoms with E-state index in [9.17, 15) is 14.4 Å². The molecule has 1 aliphatic heterocycles. The van der Waals surface area contributed by atoms with Gasteiger partial charge in [0.05, 0.1) is 5.69 Å². The van der Waals surface area contributed by atoms with E-state index in [4.69, 9.17) is 4.74 Å². The van der Waals surface area contributed by atoms with Crippen LogP contribution in [0, 0.1) is 6.92 Å². The Morgan fingerprint density at radius 1 is 1.31 bits per heavy atom. The lowest BCUT2D eigenvalue weighted by Gasteiger charge is -2.29. The number of Topliss-reactive ketones (excluding diaryl/α,β-unsaturated/α-hetero) is 1. The number of ether oxygens (including phenoxy) is 1. The molecule has 7 heteroatoms. The van der Waals surface area contributed by atoms with Crippen molar-refractivity contribution >= 4 is 29.1 Å². The van der Waals surface area contributed by atoms with Crippen molar-refractivity contribution in [2.24, 2.45) is 0 Å². The van der Waals surface area contributed by atoms with Gasteiger partial charge in [-0.25, -0.2) is 4.98 Å². The quantitative estimate of drug-likeness (QED) is 0.834. The number of nitrogens with one attached hydrogen (secondary N) is 1. The summed E-state index contributed by atoms with van der Waals surface area (Å²) < 4.78 is 5.41. The Morgan fingerprint density at radius 3 is 2.85 bits per heavy atom. The van der Waals surface area contributed by atoms with Gasteiger partial charge >= 0.3 is 0 Å². The molecule has 134 valence electrons. The fourth-order valence-corrected chi connectivity index (χ4v) is 2.69. The van der Waals surface area contributed by atoms with Gasteiger partial charge in [0, 0.05) is 24.7 Å². The van der Waals surface area contributed by atoms with E-state index in [-0.39, 0.29) is 37.2 Å². The number of aryl methyl sites for hydroxylation is 1. The zero-order chi connectivity index (χ0) is 18.7. The van der Waals surface area contributed by atoms with Crippen molar-refractivity contribution in [3.8, 4) is 5.75 Å². The summed E-state index contributed by atoms with van der Waals surface area (Å²) in [4.78, 5) is 41.7. The fraction of sp³-hybridized carbons (Fsp3) is 0.263. The van der Waals surface area contributed by atoms with Crippen LogP contribution < -0.4 is 15.0 Å². The molecule has 1 aromatic carbocycles. The van der Waals surface area contributed by atoms with Gasteiger partial charge < -0.3 is 15.0 Å². The number of hydrogen-bond donors (Lipinski definition) is 1. The maximum Gasteiger partial charge on any atom is 0.265 e. The Morgan fingerprint density at radius 2 is 2.12 bits per heavy atom. The molecule has 0 saturated carbocycles. The first kappa shape index (κ1) is 17.6. The molecular formula is C19H19N3O4. The average Bonchev–Trinajstić information content (AvgIpc) is 2.62. The van der Waals surface area contributed by atoms with E-state index < -0.39 is 0 Å². The van der Waals surface area contributed by atoms with E-state index in [0.717, 1.165) is 5.56 Å². The van der Waals surface area contributed by atoms with Crippen molar-refractivity contribution in [3.05, 3.63) is 47.7 Å². The smallest absolute Gasteiger partial charge is 0.265 e. The molecule has 3 rings (SSSR count). The third-order valence-electron chi connectivity index (χ3n) is 4.14. The second-order valence-electron chi connectivity index (χ2n) is 6.04. The number of rotatable bonds is 5. The molecule has 26 heavy (non-hydrogen) atoms. The van der Waals surface area contributed by atoms with Gasteiger partial charge in [0.25, 0.3) is 5.91 Å². The lowest BCUT2D eigenvalue weighted by atomic mass is 10.1. The Hall–Kier alpha value is -3.22. The normalized spacial score (nSPS) is 13.0. The molecule has 2 aromatic rings. The zero-order valence-electron chi connectivity index (χ0n) is 14.6. The first-order valence-electron chi connectivity index (χ1n) is 8.25. The van der Waals surface area contributed by atoms with Crippen LogP contribution in [0.2, 0.25) is 0 Å². The monoisotopic (exact) mass is 353 g/mol. The number of amides is 2. The summed E-state index contributed by atoms with van der Waals surface area (Å²) in [6, 6.07) is 8.60. The van der Waals surface area contributed by atoms with Crippen molar-refractivity contribution in [1.29, 1.82) is 0 Å². The molecule has 1 aromatic heterocycles. The topological polar surface area (TPSA) is 88.6 Å². The highest BCUT2D eigenvalue weighted by Crippen LogP contribution is 2.33. The molecule has 0 radical (unpaired) electrons. The van der Waals surface area contributed by atoms with E-state index in [1.807, 2.05) is 13.0 Å². The third-order valence-corrected chi connectivity index (χ3v) is 4.14. The molecule has 0 unspecified atom stereocenters. The van der Waals surface area contributed by atoms with Gasteiger partial charge in [-0.1, -0.05) is 6.07 Å². The highest BCUT2D eigenvalue weighted by molar-refractivity contribution is 6.02. The number of anilines is 2. The summed E-state index contributed by atoms with van der Waals surface area (Å²) in [5, 5.41) is 2.74. The average molecular weight is 353 g/mol. The summed E-state index contributed by atoms with van der Waals surface area (Å²) in [6.07, 6.45) is 1.71. The first-order valence-corrected chi connectivity index (χ1v) is 8.25. The Bertz CT molecular complexity index is 879. The lowest BCUT2D eigenvalue weighted by molar-refractivity contribution is -0.121. The van der Waals surface area contributed by atoms with E-state index in [0.29, 0.717) is 22.8 Å². The number of nitrogens with zero attached hydrogens (tertiary/aromatic N) is 2. The number of pyridine rings is 1. The SMILES string of the molecule is CC(=O)c1ccc2c(c1)N(CCC(=O)Nc1ncccc1C)C(=O)CO2. The summed E-state index contributed by atoms with van der Waals surface area (Å²) in [5.41, 5.74) is 1.86. The summed E-state index contributed by atoms with van der Waals surface area (Å²) in [7, 11) is 0. The van der Waals surface area contributed by atoms with Gasteiger partial charge in [-0.15, -0.1) is 0 Å². The lowest BCUT2D eigenvalue weighted by Crippen LogP contribution is -2.40. The van der Waals surface area contributed by atoms with Crippen LogP contribution in [0.25, 0.3) is 0 Å². The van der Waals surface area contributed by atoms with Gasteiger partial charge in [-0.2, -0.15) is 0 Å². The Labute approximate surface area is 151 Å². The van der Waals surface area contributed by atoms with Crippen LogP contribution in [0.15, 0.2) is 36.5 Å². The maximum atomic E-state index is 12.2. The molecule has 2 heterocycles. The highest BCUT2D eigenvalue weighted by Gasteiger charge is 2.26. The van der Waals surface area contributed by atoms with Crippen molar-refractivity contribution < 1.29 is 19.1 Å². The number of benzene rings is 1. The minimum atomic E-state index is -0.250. The van der Waals surface area contributed by atoms with Gasteiger partial charge in [-0.05, 0) is 43.7 Å². The van der Waals surface area contributed by atoms with Crippen LogP contribution in [0.1, 0.15) is 29.3 Å². The van der Waals surface area contributed by atoms with Crippen LogP contribution in [-0.2, 0) is 9.59 Å². The predicted octanol–water partition coefficient (Wildman–Crippen LogP) is 2.35. The standard InChI is InChI=1S/C19H19N3O4/c1-12-4-3-8-20-19(12)21-17(24)7-9-22-15-10-14(13(2)23)5-6-16(15)26-11-18(22)25/h3-6,8,10H,7,9,11H2,1-2H3,(H,20,21,24). The largest absolute Gasteiger partial charge is 0.482 e. The Kier molecular flexibility index (Phi) is 4.97. The number of ketones is 1. The minimum absolute atomic E-state index is 0.0899. The second kappa shape index (κ2) is 7.35. The summed E-state index contributed by atoms with van der Waals surface area (Å²) >= 11 is 0. The molecule has 7 nitrogen and oxygen atoms in total. The van der Waals surface area contributed by atoms with E-state index in [1.165, 1.54) is 11.8 Å². The molecular weight excluding hydrogens is 334 g/mol. The van der Waals surface area contributed by atoms with E-state index in [2.05, 4.69) is 10.3 Å². The highest BCUT2D eigenvalue weighted by atomic mass is 16.5. The van der Waals surface area contributed by atoms with E-state index >= 15 is 0 Å². The molecule has 0 saturated heterocycles. The van der Waals surface area contributed by atoms with Crippen LogP contribution >= 0.6 is 0 Å². The molecule has 0 spiro atoms. The zero-order valence-corrected chi connectivity index (χ0v) is 14.6. The van der Waals surface area contributed by atoms with Gasteiger partial charge in [-0.3, -0.25) is 14.4 Å². The van der Waals surface area contributed by atoms with Crippen molar-refractivity contribution in [2.45, 2.75) is 20.3 Å². The van der Waals surface area contributed by atoms with Crippen LogP contribution in [0.5, 0.6) is 5.75 Å². The summed E-state index contributed by atoms with van der Waals surface area (Å²) in [6.45, 7) is 3.41. The summed E-state index contributed by atoms with van der Waals surface area (Å²) in [5.74, 6) is 0.435. The molecule has 0 fully saturated rings. The minimum Gasteiger partial charge on any atom is -0.482 e. The van der Waals surface area contributed by atoms with E-state index in [1.54, 1.807) is 30.5 Å². The molecule has 1 N–H and O–H groups in total. The van der Waals surface area contributed by atoms with Crippen LogP contribution in [0.4, 0.5) is 11.5 Å². The number of aromatic nitrogens is 1. The third kappa shape index (κ3) is 3.72. The van der Waals surface area contributed by atoms with Gasteiger partial charge in [0.2, 0.25) is 5.91 Å². The molecule has 1 aliphatic rings. The van der Waals surface area contributed by atoms with Gasteiger partial charge in [0.15, 0.2) is 12.4 Å². The molecule has 0 aliphatic carbocycles. The van der Waals surface area contributed by atoms with Crippen molar-refractivity contribution in [1.82, 2.24) is 4.98 Å². The molecule has 0 atom stereocenters. The predicted molar refractivity (Wildman–Crippen MR) is 96.5 cm³/mol. The number of carbonyl (C=O) groups excluding carboxylic acids is 3. The molecule has 2 amide bonds.